The summed E-state index contributed by atoms with van der Waals surface area (Å²) in [6.45, 7) is 7.05. The zero-order valence-corrected chi connectivity index (χ0v) is 10.8. The van der Waals surface area contributed by atoms with Crippen molar-refractivity contribution in [1.82, 2.24) is 19.7 Å². The Hall–Kier alpha value is -1.62. The molecule has 1 atom stereocenters. The number of hydrogen-bond acceptors (Lipinski definition) is 4. The molecule has 1 unspecified atom stereocenters. The fraction of sp³-hybridized carbons (Fsp3) is 0.538. The van der Waals surface area contributed by atoms with Crippen molar-refractivity contribution in [3.63, 3.8) is 0 Å². The average molecular weight is 246 g/mol. The molecule has 5 nitrogen and oxygen atoms in total. The minimum absolute atomic E-state index is 0.492. The molecule has 0 N–H and O–H groups in total. The number of hydrogen-bond donors (Lipinski definition) is 0. The first-order valence-corrected chi connectivity index (χ1v) is 6.34. The predicted molar refractivity (Wildman–Crippen MR) is 67.1 cm³/mol. The molecule has 0 spiro atoms. The molecule has 1 saturated heterocycles. The Kier molecular flexibility index (Phi) is 2.91. The Bertz CT molecular complexity index is 531. The quantitative estimate of drug-likeness (QED) is 0.830. The normalized spacial score (nSPS) is 20.7. The van der Waals surface area contributed by atoms with E-state index in [1.807, 2.05) is 13.1 Å². The first-order valence-electron chi connectivity index (χ1n) is 6.34. The second-order valence-electron chi connectivity index (χ2n) is 5.03. The Balaban J connectivity index is 1.63. The summed E-state index contributed by atoms with van der Waals surface area (Å²) >= 11 is 0. The van der Waals surface area contributed by atoms with Crippen molar-refractivity contribution >= 4 is 0 Å². The van der Waals surface area contributed by atoms with Gasteiger partial charge in [-0.25, -0.2) is 4.98 Å². The SMILES string of the molecule is Cc1cnn(C2CCN(Cc3ncoc3C)C2)c1. The van der Waals surface area contributed by atoms with Gasteiger partial charge < -0.3 is 4.42 Å². The van der Waals surface area contributed by atoms with Crippen LogP contribution in [0.5, 0.6) is 0 Å². The molecule has 0 aromatic carbocycles. The lowest BCUT2D eigenvalue weighted by Crippen LogP contribution is -2.22. The summed E-state index contributed by atoms with van der Waals surface area (Å²) in [4.78, 5) is 6.66. The summed E-state index contributed by atoms with van der Waals surface area (Å²) in [5, 5.41) is 4.40. The van der Waals surface area contributed by atoms with Gasteiger partial charge in [-0.1, -0.05) is 0 Å². The van der Waals surface area contributed by atoms with Crippen molar-refractivity contribution in [2.24, 2.45) is 0 Å². The fourth-order valence-corrected chi connectivity index (χ4v) is 2.50. The van der Waals surface area contributed by atoms with Gasteiger partial charge in [-0.15, -0.1) is 0 Å². The van der Waals surface area contributed by atoms with E-state index in [0.29, 0.717) is 6.04 Å². The molecular formula is C13H18N4O. The van der Waals surface area contributed by atoms with E-state index >= 15 is 0 Å². The van der Waals surface area contributed by atoms with Gasteiger partial charge in [-0.05, 0) is 25.8 Å². The van der Waals surface area contributed by atoms with E-state index in [9.17, 15) is 0 Å². The molecule has 18 heavy (non-hydrogen) atoms. The highest BCUT2D eigenvalue weighted by atomic mass is 16.3. The Morgan fingerprint density at radius 1 is 1.44 bits per heavy atom. The van der Waals surface area contributed by atoms with Crippen LogP contribution in [0, 0.1) is 13.8 Å². The van der Waals surface area contributed by atoms with Crippen LogP contribution in [0.1, 0.15) is 29.5 Å². The predicted octanol–water partition coefficient (Wildman–Crippen LogP) is 1.93. The van der Waals surface area contributed by atoms with E-state index in [1.54, 1.807) is 0 Å². The molecule has 5 heteroatoms. The van der Waals surface area contributed by atoms with Gasteiger partial charge in [0.2, 0.25) is 0 Å². The molecular weight excluding hydrogens is 228 g/mol. The summed E-state index contributed by atoms with van der Waals surface area (Å²) in [5.41, 5.74) is 2.27. The van der Waals surface area contributed by atoms with Crippen LogP contribution < -0.4 is 0 Å². The van der Waals surface area contributed by atoms with Crippen LogP contribution in [0.15, 0.2) is 23.2 Å². The van der Waals surface area contributed by atoms with Gasteiger partial charge in [0.1, 0.15) is 5.76 Å². The van der Waals surface area contributed by atoms with Crippen LogP contribution >= 0.6 is 0 Å². The number of oxazole rings is 1. The van der Waals surface area contributed by atoms with Crippen LogP contribution in [-0.4, -0.2) is 32.8 Å². The summed E-state index contributed by atoms with van der Waals surface area (Å²) < 4.78 is 7.32. The highest BCUT2D eigenvalue weighted by Crippen LogP contribution is 2.23. The highest BCUT2D eigenvalue weighted by molar-refractivity contribution is 5.05. The zero-order chi connectivity index (χ0) is 12.5. The van der Waals surface area contributed by atoms with Crippen molar-refractivity contribution in [3.05, 3.63) is 35.8 Å². The van der Waals surface area contributed by atoms with Gasteiger partial charge in [0, 0.05) is 25.8 Å². The topological polar surface area (TPSA) is 47.1 Å². The van der Waals surface area contributed by atoms with E-state index in [2.05, 4.69) is 32.8 Å². The minimum Gasteiger partial charge on any atom is -0.448 e. The first kappa shape index (κ1) is 11.5. The third-order valence-electron chi connectivity index (χ3n) is 3.57. The number of nitrogens with zero attached hydrogens (tertiary/aromatic N) is 4. The van der Waals surface area contributed by atoms with Crippen LogP contribution in [-0.2, 0) is 6.54 Å². The lowest BCUT2D eigenvalue weighted by molar-refractivity contribution is 0.306. The maximum Gasteiger partial charge on any atom is 0.181 e. The Morgan fingerprint density at radius 3 is 3.00 bits per heavy atom. The van der Waals surface area contributed by atoms with Crippen LogP contribution in [0.3, 0.4) is 0 Å². The average Bonchev–Trinajstić information content (AvgIpc) is 3.03. The second-order valence-corrected chi connectivity index (χ2v) is 5.03. The molecule has 0 radical (unpaired) electrons. The van der Waals surface area contributed by atoms with Gasteiger partial charge in [0.15, 0.2) is 6.39 Å². The summed E-state index contributed by atoms with van der Waals surface area (Å²) in [5.74, 6) is 0.924. The molecule has 96 valence electrons. The summed E-state index contributed by atoms with van der Waals surface area (Å²) in [7, 11) is 0. The summed E-state index contributed by atoms with van der Waals surface area (Å²) in [6, 6.07) is 0.492. The van der Waals surface area contributed by atoms with Crippen LogP contribution in [0.2, 0.25) is 0 Å². The molecule has 0 bridgehead atoms. The van der Waals surface area contributed by atoms with Gasteiger partial charge in [0.25, 0.3) is 0 Å². The summed E-state index contributed by atoms with van der Waals surface area (Å²) in [6.07, 6.45) is 6.72. The number of aryl methyl sites for hydroxylation is 2. The third-order valence-corrected chi connectivity index (χ3v) is 3.57. The van der Waals surface area contributed by atoms with Crippen molar-refractivity contribution in [2.45, 2.75) is 32.9 Å². The lowest BCUT2D eigenvalue weighted by Gasteiger charge is -2.14. The third kappa shape index (κ3) is 2.18. The zero-order valence-electron chi connectivity index (χ0n) is 10.8. The van der Waals surface area contributed by atoms with Crippen molar-refractivity contribution in [1.29, 1.82) is 0 Å². The molecule has 3 heterocycles. The van der Waals surface area contributed by atoms with Gasteiger partial charge in [-0.2, -0.15) is 5.10 Å². The first-order chi connectivity index (χ1) is 8.72. The molecule has 2 aromatic rings. The fourth-order valence-electron chi connectivity index (χ4n) is 2.50. The number of likely N-dealkylation sites (tertiary alicyclic amines) is 1. The minimum atomic E-state index is 0.492. The maximum atomic E-state index is 5.23. The van der Waals surface area contributed by atoms with E-state index in [0.717, 1.165) is 37.5 Å². The van der Waals surface area contributed by atoms with Gasteiger partial charge in [0.05, 0.1) is 17.9 Å². The van der Waals surface area contributed by atoms with Crippen LogP contribution in [0.25, 0.3) is 0 Å². The molecule has 1 fully saturated rings. The molecule has 1 aliphatic rings. The smallest absolute Gasteiger partial charge is 0.181 e. The van der Waals surface area contributed by atoms with Crippen molar-refractivity contribution in [2.75, 3.05) is 13.1 Å². The monoisotopic (exact) mass is 246 g/mol. The van der Waals surface area contributed by atoms with Crippen LogP contribution in [0.4, 0.5) is 0 Å². The van der Waals surface area contributed by atoms with E-state index in [-0.39, 0.29) is 0 Å². The van der Waals surface area contributed by atoms with E-state index in [1.165, 1.54) is 12.0 Å². The Morgan fingerprint density at radius 2 is 2.33 bits per heavy atom. The highest BCUT2D eigenvalue weighted by Gasteiger charge is 2.25. The molecule has 0 amide bonds. The van der Waals surface area contributed by atoms with Gasteiger partial charge in [-0.3, -0.25) is 9.58 Å². The molecule has 0 aliphatic carbocycles. The number of rotatable bonds is 3. The van der Waals surface area contributed by atoms with Crippen molar-refractivity contribution in [3.8, 4) is 0 Å². The molecule has 1 aliphatic heterocycles. The lowest BCUT2D eigenvalue weighted by atomic mass is 10.3. The molecule has 0 saturated carbocycles. The standard InChI is InChI=1S/C13H18N4O/c1-10-5-15-17(6-10)12-3-4-16(7-12)8-13-11(2)18-9-14-13/h5-6,9,12H,3-4,7-8H2,1-2H3. The van der Waals surface area contributed by atoms with E-state index in [4.69, 9.17) is 4.42 Å². The van der Waals surface area contributed by atoms with Gasteiger partial charge >= 0.3 is 0 Å². The van der Waals surface area contributed by atoms with E-state index < -0.39 is 0 Å². The largest absolute Gasteiger partial charge is 0.448 e. The molecule has 2 aromatic heterocycles. The second kappa shape index (κ2) is 4.57. The molecule has 3 rings (SSSR count). The maximum absolute atomic E-state index is 5.23. The Labute approximate surface area is 106 Å². The van der Waals surface area contributed by atoms with Crippen molar-refractivity contribution < 1.29 is 4.42 Å². The number of aromatic nitrogens is 3.